The van der Waals surface area contributed by atoms with Crippen molar-refractivity contribution in [2.45, 2.75) is 26.4 Å². The summed E-state index contributed by atoms with van der Waals surface area (Å²) in [6, 6.07) is 6.07. The van der Waals surface area contributed by atoms with Crippen LogP contribution in [-0.2, 0) is 13.6 Å². The van der Waals surface area contributed by atoms with Crippen LogP contribution in [0.3, 0.4) is 0 Å². The second-order valence-corrected chi connectivity index (χ2v) is 5.29. The molecule has 0 saturated heterocycles. The summed E-state index contributed by atoms with van der Waals surface area (Å²) < 4.78 is 7.04. The molecule has 0 spiro atoms. The third kappa shape index (κ3) is 3.14. The zero-order valence-corrected chi connectivity index (χ0v) is 13.0. The van der Waals surface area contributed by atoms with Gasteiger partial charge in [-0.25, -0.2) is 0 Å². The number of ether oxygens (including phenoxy) is 1. The predicted octanol–water partition coefficient (Wildman–Crippen LogP) is 3.24. The molecule has 20 heavy (non-hydrogen) atoms. The topological polar surface area (TPSA) is 39.1 Å². The van der Waals surface area contributed by atoms with Gasteiger partial charge in [-0.1, -0.05) is 17.7 Å². The van der Waals surface area contributed by atoms with Crippen molar-refractivity contribution in [1.82, 2.24) is 15.1 Å². The molecule has 1 atom stereocenters. The van der Waals surface area contributed by atoms with Gasteiger partial charge in [0.15, 0.2) is 0 Å². The monoisotopic (exact) mass is 293 g/mol. The van der Waals surface area contributed by atoms with E-state index in [1.165, 1.54) is 11.3 Å². The maximum atomic E-state index is 6.12. The smallest absolute Gasteiger partial charge is 0.137 e. The first-order chi connectivity index (χ1) is 9.52. The van der Waals surface area contributed by atoms with Crippen molar-refractivity contribution in [2.24, 2.45) is 7.05 Å². The molecular weight excluding hydrogens is 274 g/mol. The molecule has 1 N–H and O–H groups in total. The highest BCUT2D eigenvalue weighted by atomic mass is 35.5. The molecule has 1 heterocycles. The van der Waals surface area contributed by atoms with Gasteiger partial charge in [0, 0.05) is 30.9 Å². The number of nitrogens with one attached hydrogen (secondary N) is 1. The van der Waals surface area contributed by atoms with Gasteiger partial charge >= 0.3 is 0 Å². The van der Waals surface area contributed by atoms with Crippen molar-refractivity contribution >= 4 is 11.6 Å². The lowest BCUT2D eigenvalue weighted by Crippen LogP contribution is -2.18. The van der Waals surface area contributed by atoms with Crippen LogP contribution in [0.4, 0.5) is 0 Å². The van der Waals surface area contributed by atoms with E-state index in [0.717, 1.165) is 12.1 Å². The van der Waals surface area contributed by atoms with Crippen LogP contribution in [0.25, 0.3) is 0 Å². The molecule has 1 aromatic heterocycles. The lowest BCUT2D eigenvalue weighted by Gasteiger charge is -2.14. The van der Waals surface area contributed by atoms with Crippen LogP contribution < -0.4 is 10.1 Å². The van der Waals surface area contributed by atoms with Crippen LogP contribution >= 0.6 is 11.6 Å². The van der Waals surface area contributed by atoms with E-state index in [1.54, 1.807) is 7.11 Å². The van der Waals surface area contributed by atoms with Gasteiger partial charge in [-0.15, -0.1) is 0 Å². The molecule has 1 unspecified atom stereocenters. The number of nitrogens with zero attached hydrogens (tertiary/aromatic N) is 2. The van der Waals surface area contributed by atoms with E-state index in [-0.39, 0.29) is 6.04 Å². The summed E-state index contributed by atoms with van der Waals surface area (Å²) in [4.78, 5) is 0. The van der Waals surface area contributed by atoms with Crippen LogP contribution in [0.15, 0.2) is 24.4 Å². The Morgan fingerprint density at radius 2 is 2.20 bits per heavy atom. The lowest BCUT2D eigenvalue weighted by atomic mass is 10.1. The number of methoxy groups -OCH3 is 1. The molecule has 4 nitrogen and oxygen atoms in total. The minimum atomic E-state index is 0.240. The second-order valence-electron chi connectivity index (χ2n) is 4.88. The Labute approximate surface area is 124 Å². The van der Waals surface area contributed by atoms with E-state index >= 15 is 0 Å². The fourth-order valence-corrected chi connectivity index (χ4v) is 2.42. The average Bonchev–Trinajstić information content (AvgIpc) is 2.76. The summed E-state index contributed by atoms with van der Waals surface area (Å²) in [7, 11) is 3.57. The Kier molecular flexibility index (Phi) is 4.68. The third-order valence-corrected chi connectivity index (χ3v) is 3.86. The summed E-state index contributed by atoms with van der Waals surface area (Å²) in [6.45, 7) is 4.96. The molecular formula is C15H20ClN3O. The van der Waals surface area contributed by atoms with Crippen molar-refractivity contribution in [3.8, 4) is 5.75 Å². The van der Waals surface area contributed by atoms with Gasteiger partial charge in [0.25, 0.3) is 0 Å². The molecule has 0 bridgehead atoms. The summed E-state index contributed by atoms with van der Waals surface area (Å²) in [5.74, 6) is 0.701. The van der Waals surface area contributed by atoms with E-state index in [0.29, 0.717) is 10.8 Å². The SMILES string of the molecule is COc1ccc(CNC(C)c2cnn(C)c2C)cc1Cl. The quantitative estimate of drug-likeness (QED) is 0.920. The zero-order valence-electron chi connectivity index (χ0n) is 12.3. The van der Waals surface area contributed by atoms with Crippen molar-refractivity contribution in [3.63, 3.8) is 0 Å². The van der Waals surface area contributed by atoms with Gasteiger partial charge in [0.1, 0.15) is 5.75 Å². The maximum absolute atomic E-state index is 6.12. The highest BCUT2D eigenvalue weighted by Crippen LogP contribution is 2.25. The first-order valence-corrected chi connectivity index (χ1v) is 6.95. The Balaban J connectivity index is 2.01. The van der Waals surface area contributed by atoms with Crippen molar-refractivity contribution in [1.29, 1.82) is 0 Å². The molecule has 0 aliphatic heterocycles. The Hall–Kier alpha value is -1.52. The predicted molar refractivity (Wildman–Crippen MR) is 81.2 cm³/mol. The lowest BCUT2D eigenvalue weighted by molar-refractivity contribution is 0.414. The second kappa shape index (κ2) is 6.29. The van der Waals surface area contributed by atoms with E-state index in [4.69, 9.17) is 16.3 Å². The average molecular weight is 294 g/mol. The van der Waals surface area contributed by atoms with Crippen LogP contribution in [-0.4, -0.2) is 16.9 Å². The fourth-order valence-electron chi connectivity index (χ4n) is 2.14. The molecule has 0 aliphatic carbocycles. The minimum absolute atomic E-state index is 0.240. The minimum Gasteiger partial charge on any atom is -0.495 e. The Morgan fingerprint density at radius 1 is 1.45 bits per heavy atom. The van der Waals surface area contributed by atoms with E-state index in [1.807, 2.05) is 36.1 Å². The number of hydrogen-bond acceptors (Lipinski definition) is 3. The number of hydrogen-bond donors (Lipinski definition) is 1. The molecule has 2 aromatic rings. The van der Waals surface area contributed by atoms with Crippen molar-refractivity contribution < 1.29 is 4.74 Å². The molecule has 0 radical (unpaired) electrons. The number of aryl methyl sites for hydroxylation is 1. The molecule has 5 heteroatoms. The van der Waals surface area contributed by atoms with Gasteiger partial charge in [-0.3, -0.25) is 4.68 Å². The Bertz CT molecular complexity index is 595. The highest BCUT2D eigenvalue weighted by molar-refractivity contribution is 6.32. The largest absolute Gasteiger partial charge is 0.495 e. The number of halogens is 1. The molecule has 1 aromatic carbocycles. The molecule has 0 amide bonds. The number of benzene rings is 1. The first kappa shape index (κ1) is 14.9. The summed E-state index contributed by atoms with van der Waals surface area (Å²) >= 11 is 6.12. The van der Waals surface area contributed by atoms with Crippen molar-refractivity contribution in [2.75, 3.05) is 7.11 Å². The van der Waals surface area contributed by atoms with Crippen LogP contribution in [0, 0.1) is 6.92 Å². The van der Waals surface area contributed by atoms with Crippen LogP contribution in [0.1, 0.15) is 29.8 Å². The normalized spacial score (nSPS) is 12.4. The van der Waals surface area contributed by atoms with Gasteiger partial charge in [-0.05, 0) is 31.5 Å². The van der Waals surface area contributed by atoms with Gasteiger partial charge in [-0.2, -0.15) is 5.10 Å². The summed E-state index contributed by atoms with van der Waals surface area (Å²) in [5, 5.41) is 8.39. The molecule has 0 fully saturated rings. The molecule has 0 aliphatic rings. The number of rotatable bonds is 5. The van der Waals surface area contributed by atoms with Gasteiger partial charge < -0.3 is 10.1 Å². The zero-order chi connectivity index (χ0) is 14.7. The van der Waals surface area contributed by atoms with Crippen molar-refractivity contribution in [3.05, 3.63) is 46.2 Å². The summed E-state index contributed by atoms with van der Waals surface area (Å²) in [5.41, 5.74) is 3.52. The van der Waals surface area contributed by atoms with Gasteiger partial charge in [0.05, 0.1) is 18.3 Å². The van der Waals surface area contributed by atoms with Crippen LogP contribution in [0.5, 0.6) is 5.75 Å². The van der Waals surface area contributed by atoms with E-state index in [9.17, 15) is 0 Å². The standard InChI is InChI=1S/C15H20ClN3O/c1-10(13-9-18-19(3)11(13)2)17-8-12-5-6-15(20-4)14(16)7-12/h5-7,9-10,17H,8H2,1-4H3. The summed E-state index contributed by atoms with van der Waals surface area (Å²) in [6.07, 6.45) is 1.91. The maximum Gasteiger partial charge on any atom is 0.137 e. The molecule has 108 valence electrons. The van der Waals surface area contributed by atoms with E-state index in [2.05, 4.69) is 24.3 Å². The van der Waals surface area contributed by atoms with Crippen LogP contribution in [0.2, 0.25) is 5.02 Å². The highest BCUT2D eigenvalue weighted by Gasteiger charge is 2.11. The van der Waals surface area contributed by atoms with Gasteiger partial charge in [0.2, 0.25) is 0 Å². The fraction of sp³-hybridized carbons (Fsp3) is 0.400. The number of aromatic nitrogens is 2. The molecule has 2 rings (SSSR count). The third-order valence-electron chi connectivity index (χ3n) is 3.57. The molecule has 0 saturated carbocycles. The Morgan fingerprint density at radius 3 is 2.75 bits per heavy atom. The van der Waals surface area contributed by atoms with E-state index < -0.39 is 0 Å². The first-order valence-electron chi connectivity index (χ1n) is 6.57.